The lowest BCUT2D eigenvalue weighted by atomic mass is 10.1. The summed E-state index contributed by atoms with van der Waals surface area (Å²) in [5.74, 6) is 1.72. The molecule has 3 N–H and O–H groups in total. The zero-order valence-corrected chi connectivity index (χ0v) is 13.0. The van der Waals surface area contributed by atoms with Gasteiger partial charge in [-0.15, -0.1) is 6.58 Å². The van der Waals surface area contributed by atoms with E-state index in [4.69, 9.17) is 15.3 Å². The van der Waals surface area contributed by atoms with Gasteiger partial charge in [0.15, 0.2) is 0 Å². The number of nitrogens with two attached hydrogens (primary N) is 1. The van der Waals surface area contributed by atoms with Crippen molar-refractivity contribution in [2.75, 3.05) is 19.0 Å². The molecule has 0 saturated carbocycles. The standard InChI is InChI=1S/C15H20N4O.CH2O/c1-4-5-11-8-20-13-7-10(9(2)16)6-12-14(13)19(11)15(17-3)18-12;1-2/h4,6-7,9,11H,1,5,8,16H2,2-3H3,(H,17,18);1H2. The number of imidazole rings is 1. The van der Waals surface area contributed by atoms with Crippen LogP contribution in [0.5, 0.6) is 5.75 Å². The molecule has 0 spiro atoms. The van der Waals surface area contributed by atoms with Gasteiger partial charge in [-0.3, -0.25) is 0 Å². The summed E-state index contributed by atoms with van der Waals surface area (Å²) in [6.45, 7) is 8.42. The Labute approximate surface area is 130 Å². The van der Waals surface area contributed by atoms with E-state index in [2.05, 4.69) is 21.4 Å². The highest BCUT2D eigenvalue weighted by Crippen LogP contribution is 2.38. The van der Waals surface area contributed by atoms with Crippen molar-refractivity contribution in [3.63, 3.8) is 0 Å². The Hall–Kier alpha value is -2.34. The molecule has 0 fully saturated rings. The number of allylic oxidation sites excluding steroid dienone is 1. The first-order valence-electron chi connectivity index (χ1n) is 7.17. The largest absolute Gasteiger partial charge is 0.489 e. The van der Waals surface area contributed by atoms with Crippen LogP contribution < -0.4 is 15.8 Å². The number of carbonyl (C=O) groups is 1. The number of benzene rings is 1. The van der Waals surface area contributed by atoms with Gasteiger partial charge in [0, 0.05) is 13.1 Å². The molecule has 0 bridgehead atoms. The molecule has 1 aliphatic heterocycles. The van der Waals surface area contributed by atoms with Gasteiger partial charge < -0.3 is 25.1 Å². The first kappa shape index (κ1) is 16.0. The van der Waals surface area contributed by atoms with E-state index >= 15 is 0 Å². The zero-order valence-electron chi connectivity index (χ0n) is 13.0. The fourth-order valence-electron chi connectivity index (χ4n) is 2.75. The molecule has 2 unspecified atom stereocenters. The Morgan fingerprint density at radius 2 is 2.32 bits per heavy atom. The van der Waals surface area contributed by atoms with Crippen LogP contribution in [-0.4, -0.2) is 30.0 Å². The minimum Gasteiger partial charge on any atom is -0.489 e. The summed E-state index contributed by atoms with van der Waals surface area (Å²) in [7, 11) is 1.89. The number of ether oxygens (including phenoxy) is 1. The predicted octanol–water partition coefficient (Wildman–Crippen LogP) is 2.42. The van der Waals surface area contributed by atoms with E-state index in [1.54, 1.807) is 0 Å². The second-order valence-corrected chi connectivity index (χ2v) is 5.22. The van der Waals surface area contributed by atoms with Crippen LogP contribution in [0.4, 0.5) is 5.95 Å². The van der Waals surface area contributed by atoms with Crippen molar-refractivity contribution in [3.05, 3.63) is 30.4 Å². The van der Waals surface area contributed by atoms with Crippen LogP contribution in [0.3, 0.4) is 0 Å². The first-order chi connectivity index (χ1) is 10.7. The van der Waals surface area contributed by atoms with Crippen molar-refractivity contribution in [2.45, 2.75) is 25.4 Å². The molecule has 6 nitrogen and oxygen atoms in total. The van der Waals surface area contributed by atoms with Gasteiger partial charge in [-0.2, -0.15) is 0 Å². The van der Waals surface area contributed by atoms with Gasteiger partial charge in [0.05, 0.1) is 11.6 Å². The molecule has 118 valence electrons. The lowest BCUT2D eigenvalue weighted by molar-refractivity contribution is -0.0979. The molecule has 1 aliphatic rings. The number of hydrogen-bond acceptors (Lipinski definition) is 5. The summed E-state index contributed by atoms with van der Waals surface area (Å²) in [6.07, 6.45) is 2.77. The summed E-state index contributed by atoms with van der Waals surface area (Å²) < 4.78 is 8.13. The maximum absolute atomic E-state index is 8.00. The van der Waals surface area contributed by atoms with E-state index in [0.717, 1.165) is 34.7 Å². The Morgan fingerprint density at radius 1 is 1.59 bits per heavy atom. The van der Waals surface area contributed by atoms with E-state index in [0.29, 0.717) is 6.61 Å². The SMILES string of the molecule is C=CCC1COc2cc(C(C)N)cc3nc(NC)n1c23.C=O. The normalized spacial score (nSPS) is 17.1. The van der Waals surface area contributed by atoms with E-state index < -0.39 is 0 Å². The van der Waals surface area contributed by atoms with Gasteiger partial charge in [-0.1, -0.05) is 6.08 Å². The molecule has 1 aromatic carbocycles. The van der Waals surface area contributed by atoms with Crippen LogP contribution in [0.1, 0.15) is 31.0 Å². The van der Waals surface area contributed by atoms with Crippen LogP contribution in [0.15, 0.2) is 24.8 Å². The Balaban J connectivity index is 0.000000847. The monoisotopic (exact) mass is 302 g/mol. The maximum atomic E-state index is 8.00. The summed E-state index contributed by atoms with van der Waals surface area (Å²) in [5, 5.41) is 3.16. The van der Waals surface area contributed by atoms with Crippen molar-refractivity contribution in [1.29, 1.82) is 0 Å². The topological polar surface area (TPSA) is 82.2 Å². The average molecular weight is 302 g/mol. The smallest absolute Gasteiger partial charge is 0.204 e. The number of nitrogens with zero attached hydrogens (tertiary/aromatic N) is 2. The van der Waals surface area contributed by atoms with Gasteiger partial charge in [0.25, 0.3) is 0 Å². The minimum atomic E-state index is -0.0339. The second-order valence-electron chi connectivity index (χ2n) is 5.22. The zero-order chi connectivity index (χ0) is 16.3. The number of nitrogens with one attached hydrogen (secondary N) is 1. The van der Waals surface area contributed by atoms with Crippen LogP contribution in [0.2, 0.25) is 0 Å². The van der Waals surface area contributed by atoms with E-state index in [1.807, 2.05) is 39.0 Å². The highest BCUT2D eigenvalue weighted by Gasteiger charge is 2.26. The van der Waals surface area contributed by atoms with Crippen LogP contribution in [0, 0.1) is 0 Å². The van der Waals surface area contributed by atoms with E-state index in [1.165, 1.54) is 0 Å². The molecule has 22 heavy (non-hydrogen) atoms. The van der Waals surface area contributed by atoms with E-state index in [9.17, 15) is 0 Å². The molecule has 2 atom stereocenters. The molecule has 0 radical (unpaired) electrons. The maximum Gasteiger partial charge on any atom is 0.204 e. The minimum absolute atomic E-state index is 0.0339. The van der Waals surface area contributed by atoms with Crippen molar-refractivity contribution in [3.8, 4) is 5.75 Å². The number of aromatic nitrogens is 2. The molecule has 6 heteroatoms. The van der Waals surface area contributed by atoms with Crippen LogP contribution in [0.25, 0.3) is 11.0 Å². The average Bonchev–Trinajstić information content (AvgIpc) is 2.92. The molecule has 0 amide bonds. The van der Waals surface area contributed by atoms with Crippen molar-refractivity contribution in [1.82, 2.24) is 9.55 Å². The highest BCUT2D eigenvalue weighted by atomic mass is 16.5. The fraction of sp³-hybridized carbons (Fsp3) is 0.375. The molecular formula is C16H22N4O2. The summed E-state index contributed by atoms with van der Waals surface area (Å²) in [4.78, 5) is 12.7. The molecule has 2 heterocycles. The van der Waals surface area contributed by atoms with Crippen molar-refractivity contribution < 1.29 is 9.53 Å². The Bertz CT molecular complexity index is 678. The lowest BCUT2D eigenvalue weighted by Gasteiger charge is -2.26. The third-order valence-electron chi connectivity index (χ3n) is 3.76. The van der Waals surface area contributed by atoms with Gasteiger partial charge >= 0.3 is 0 Å². The van der Waals surface area contributed by atoms with Crippen LogP contribution >= 0.6 is 0 Å². The summed E-state index contributed by atoms with van der Waals surface area (Å²) in [6, 6.07) is 4.26. The first-order valence-corrected chi connectivity index (χ1v) is 7.17. The molecule has 0 saturated heterocycles. The van der Waals surface area contributed by atoms with Gasteiger partial charge in [-0.25, -0.2) is 4.98 Å². The van der Waals surface area contributed by atoms with E-state index in [-0.39, 0.29) is 12.1 Å². The summed E-state index contributed by atoms with van der Waals surface area (Å²) in [5.41, 5.74) is 8.99. The quantitative estimate of drug-likeness (QED) is 0.848. The van der Waals surface area contributed by atoms with Gasteiger partial charge in [0.1, 0.15) is 24.7 Å². The van der Waals surface area contributed by atoms with Crippen LogP contribution in [-0.2, 0) is 4.79 Å². The van der Waals surface area contributed by atoms with Crippen molar-refractivity contribution >= 4 is 23.8 Å². The predicted molar refractivity (Wildman–Crippen MR) is 88.3 cm³/mol. The number of hydrogen-bond donors (Lipinski definition) is 2. The highest BCUT2D eigenvalue weighted by molar-refractivity contribution is 5.86. The van der Waals surface area contributed by atoms with Crippen molar-refractivity contribution in [2.24, 2.45) is 5.73 Å². The third-order valence-corrected chi connectivity index (χ3v) is 3.76. The molecule has 2 aromatic rings. The molecule has 1 aromatic heterocycles. The molecule has 3 rings (SSSR count). The number of rotatable bonds is 4. The third kappa shape index (κ3) is 2.57. The molecular weight excluding hydrogens is 280 g/mol. The van der Waals surface area contributed by atoms with Gasteiger partial charge in [0.2, 0.25) is 5.95 Å². The Kier molecular flexibility index (Phi) is 4.82. The number of anilines is 1. The molecule has 0 aliphatic carbocycles. The lowest BCUT2D eigenvalue weighted by Crippen LogP contribution is -2.23. The second kappa shape index (κ2) is 6.62. The fourth-order valence-corrected chi connectivity index (χ4v) is 2.75. The van der Waals surface area contributed by atoms with Gasteiger partial charge in [-0.05, 0) is 31.0 Å². The Morgan fingerprint density at radius 3 is 2.91 bits per heavy atom. The summed E-state index contributed by atoms with van der Waals surface area (Å²) >= 11 is 0. The number of carbonyl (C=O) groups excluding carboxylic acids is 1.